The molecule has 0 atom stereocenters. The molecule has 0 aliphatic carbocycles. The fourth-order valence-electron chi connectivity index (χ4n) is 3.49. The van der Waals surface area contributed by atoms with Crippen LogP contribution >= 0.6 is 12.4 Å². The molecule has 2 aromatic carbocycles. The molecule has 26 heavy (non-hydrogen) atoms. The zero-order valence-electron chi connectivity index (χ0n) is 14.2. The first kappa shape index (κ1) is 18.1. The van der Waals surface area contributed by atoms with Crippen molar-refractivity contribution >= 4 is 29.8 Å². The van der Waals surface area contributed by atoms with Gasteiger partial charge in [-0.25, -0.2) is 4.99 Å². The number of fused-ring (bicyclic) bond motifs is 1. The molecule has 0 saturated carbocycles. The summed E-state index contributed by atoms with van der Waals surface area (Å²) in [5.41, 5.74) is 8.22. The Morgan fingerprint density at radius 3 is 2.46 bits per heavy atom. The predicted octanol–water partition coefficient (Wildman–Crippen LogP) is 2.58. The van der Waals surface area contributed by atoms with Crippen molar-refractivity contribution in [3.63, 3.8) is 0 Å². The van der Waals surface area contributed by atoms with Gasteiger partial charge in [0.2, 0.25) is 0 Å². The molecule has 136 valence electrons. The number of aliphatic imine (C=N–C) groups is 1. The van der Waals surface area contributed by atoms with Gasteiger partial charge >= 0.3 is 0 Å². The number of rotatable bonds is 1. The van der Waals surface area contributed by atoms with Crippen LogP contribution < -0.4 is 11.1 Å². The number of nitrogens with one attached hydrogen (secondary N) is 1. The summed E-state index contributed by atoms with van der Waals surface area (Å²) >= 11 is 0. The SMILES string of the molecule is Cl.NC1=NC2(CCN(C(=O)c3ccc(O)cc3)CC2)Nc2ccccc21. The molecule has 0 unspecified atom stereocenters. The van der Waals surface area contributed by atoms with E-state index in [1.165, 1.54) is 12.1 Å². The molecule has 1 amide bonds. The Balaban J connectivity index is 0.00000196. The molecule has 1 saturated heterocycles. The van der Waals surface area contributed by atoms with E-state index in [1.807, 2.05) is 29.2 Å². The summed E-state index contributed by atoms with van der Waals surface area (Å²) < 4.78 is 0. The van der Waals surface area contributed by atoms with Crippen LogP contribution in [0.4, 0.5) is 5.69 Å². The highest BCUT2D eigenvalue weighted by molar-refractivity contribution is 6.04. The van der Waals surface area contributed by atoms with Crippen molar-refractivity contribution in [2.24, 2.45) is 10.7 Å². The number of anilines is 1. The fraction of sp³-hybridized carbons (Fsp3) is 0.263. The number of hydrogen-bond donors (Lipinski definition) is 3. The number of aromatic hydroxyl groups is 1. The van der Waals surface area contributed by atoms with Gasteiger partial charge in [0.05, 0.1) is 0 Å². The Labute approximate surface area is 158 Å². The first-order valence-electron chi connectivity index (χ1n) is 8.38. The van der Waals surface area contributed by atoms with E-state index in [9.17, 15) is 9.90 Å². The minimum atomic E-state index is -0.440. The van der Waals surface area contributed by atoms with E-state index >= 15 is 0 Å². The highest BCUT2D eigenvalue weighted by Crippen LogP contribution is 2.34. The normalized spacial score (nSPS) is 17.5. The van der Waals surface area contributed by atoms with Gasteiger partial charge in [-0.1, -0.05) is 12.1 Å². The highest BCUT2D eigenvalue weighted by atomic mass is 35.5. The lowest BCUT2D eigenvalue weighted by atomic mass is 9.93. The molecule has 2 aliphatic heterocycles. The predicted molar refractivity (Wildman–Crippen MR) is 104 cm³/mol. The van der Waals surface area contributed by atoms with Gasteiger partial charge < -0.3 is 21.1 Å². The molecule has 0 bridgehead atoms. The average molecular weight is 373 g/mol. The van der Waals surface area contributed by atoms with Crippen molar-refractivity contribution < 1.29 is 9.90 Å². The third-order valence-corrected chi connectivity index (χ3v) is 4.90. The fourth-order valence-corrected chi connectivity index (χ4v) is 3.49. The molecule has 4 rings (SSSR count). The average Bonchev–Trinajstić information content (AvgIpc) is 2.62. The summed E-state index contributed by atoms with van der Waals surface area (Å²) in [5, 5.41) is 12.9. The van der Waals surface area contributed by atoms with Gasteiger partial charge in [-0.05, 0) is 36.4 Å². The van der Waals surface area contributed by atoms with E-state index in [1.54, 1.807) is 12.1 Å². The summed E-state index contributed by atoms with van der Waals surface area (Å²) in [6.07, 6.45) is 1.40. The summed E-state index contributed by atoms with van der Waals surface area (Å²) in [6, 6.07) is 14.2. The highest BCUT2D eigenvalue weighted by Gasteiger charge is 2.38. The Hall–Kier alpha value is -2.73. The second-order valence-electron chi connectivity index (χ2n) is 6.54. The van der Waals surface area contributed by atoms with Gasteiger partial charge in [-0.3, -0.25) is 4.79 Å². The third-order valence-electron chi connectivity index (χ3n) is 4.90. The molecule has 1 spiro atoms. The molecule has 0 radical (unpaired) electrons. The van der Waals surface area contributed by atoms with Crippen LogP contribution in [0, 0.1) is 0 Å². The number of para-hydroxylation sites is 1. The molecule has 7 heteroatoms. The molecular formula is C19H21ClN4O2. The molecule has 4 N–H and O–H groups in total. The summed E-state index contributed by atoms with van der Waals surface area (Å²) in [6.45, 7) is 1.21. The van der Waals surface area contributed by atoms with Gasteiger partial charge in [0, 0.05) is 42.7 Å². The number of nitrogens with zero attached hydrogens (tertiary/aromatic N) is 2. The number of likely N-dealkylation sites (tertiary alicyclic amines) is 1. The Bertz CT molecular complexity index is 843. The monoisotopic (exact) mass is 372 g/mol. The smallest absolute Gasteiger partial charge is 0.253 e. The van der Waals surface area contributed by atoms with E-state index in [2.05, 4.69) is 5.32 Å². The van der Waals surface area contributed by atoms with E-state index in [0.717, 1.165) is 11.3 Å². The standard InChI is InChI=1S/C19H20N4O2.ClH/c20-17-15-3-1-2-4-16(15)21-19(22-17)9-11-23(12-10-19)18(25)13-5-7-14(24)8-6-13;/h1-8,21,24H,9-12H2,(H2,20,22);1H. The zero-order valence-corrected chi connectivity index (χ0v) is 15.0. The van der Waals surface area contributed by atoms with Gasteiger partial charge in [0.25, 0.3) is 5.91 Å². The summed E-state index contributed by atoms with van der Waals surface area (Å²) in [4.78, 5) is 19.1. The number of carbonyl (C=O) groups is 1. The van der Waals surface area contributed by atoms with Crippen LogP contribution in [0.3, 0.4) is 0 Å². The number of phenols is 1. The van der Waals surface area contributed by atoms with Crippen molar-refractivity contribution in [3.05, 3.63) is 59.7 Å². The molecule has 6 nitrogen and oxygen atoms in total. The molecule has 2 aliphatic rings. The zero-order chi connectivity index (χ0) is 17.4. The van der Waals surface area contributed by atoms with Crippen LogP contribution in [-0.4, -0.2) is 40.5 Å². The molecule has 0 aromatic heterocycles. The molecule has 2 aromatic rings. The Kier molecular flexibility index (Phi) is 4.78. The van der Waals surface area contributed by atoms with Crippen LogP contribution in [0.1, 0.15) is 28.8 Å². The lowest BCUT2D eigenvalue weighted by Crippen LogP contribution is -2.52. The van der Waals surface area contributed by atoms with E-state index < -0.39 is 5.66 Å². The lowest BCUT2D eigenvalue weighted by molar-refractivity contribution is 0.0685. The number of hydrogen-bond acceptors (Lipinski definition) is 5. The van der Waals surface area contributed by atoms with Gasteiger partial charge in [-0.15, -0.1) is 12.4 Å². The minimum absolute atomic E-state index is 0. The van der Waals surface area contributed by atoms with Crippen LogP contribution in [-0.2, 0) is 0 Å². The van der Waals surface area contributed by atoms with E-state index in [4.69, 9.17) is 10.7 Å². The topological polar surface area (TPSA) is 91.0 Å². The quantitative estimate of drug-likeness (QED) is 0.717. The van der Waals surface area contributed by atoms with Crippen LogP contribution in [0.5, 0.6) is 5.75 Å². The van der Waals surface area contributed by atoms with Gasteiger partial charge in [-0.2, -0.15) is 0 Å². The second-order valence-corrected chi connectivity index (χ2v) is 6.54. The number of halogens is 1. The van der Waals surface area contributed by atoms with E-state index in [-0.39, 0.29) is 24.1 Å². The maximum absolute atomic E-state index is 12.6. The number of nitrogens with two attached hydrogens (primary N) is 1. The van der Waals surface area contributed by atoms with Crippen LogP contribution in [0.25, 0.3) is 0 Å². The number of phenolic OH excluding ortho intramolecular Hbond substituents is 1. The van der Waals surface area contributed by atoms with Gasteiger partial charge in [0.15, 0.2) is 0 Å². The number of benzene rings is 2. The summed E-state index contributed by atoms with van der Waals surface area (Å²) in [7, 11) is 0. The Morgan fingerprint density at radius 1 is 1.12 bits per heavy atom. The largest absolute Gasteiger partial charge is 0.508 e. The van der Waals surface area contributed by atoms with E-state index in [0.29, 0.717) is 37.3 Å². The van der Waals surface area contributed by atoms with Gasteiger partial charge in [0.1, 0.15) is 17.2 Å². The second kappa shape index (κ2) is 6.88. The maximum Gasteiger partial charge on any atom is 0.253 e. The number of piperidine rings is 1. The molecule has 1 fully saturated rings. The Morgan fingerprint density at radius 2 is 1.77 bits per heavy atom. The van der Waals surface area contributed by atoms with Crippen molar-refractivity contribution in [1.82, 2.24) is 4.90 Å². The molecular weight excluding hydrogens is 352 g/mol. The first-order chi connectivity index (χ1) is 12.1. The van der Waals surface area contributed by atoms with Crippen molar-refractivity contribution in [3.8, 4) is 5.75 Å². The van der Waals surface area contributed by atoms with Crippen LogP contribution in [0.15, 0.2) is 53.5 Å². The van der Waals surface area contributed by atoms with Crippen molar-refractivity contribution in [2.75, 3.05) is 18.4 Å². The van der Waals surface area contributed by atoms with Crippen molar-refractivity contribution in [2.45, 2.75) is 18.5 Å². The lowest BCUT2D eigenvalue weighted by Gasteiger charge is -2.42. The minimum Gasteiger partial charge on any atom is -0.508 e. The van der Waals surface area contributed by atoms with Crippen LogP contribution in [0.2, 0.25) is 0 Å². The first-order valence-corrected chi connectivity index (χ1v) is 8.38. The number of amidine groups is 1. The molecule has 2 heterocycles. The maximum atomic E-state index is 12.6. The number of carbonyl (C=O) groups excluding carboxylic acids is 1. The summed E-state index contributed by atoms with van der Waals surface area (Å²) in [5.74, 6) is 0.680. The number of amides is 1. The third kappa shape index (κ3) is 3.20. The van der Waals surface area contributed by atoms with Crippen molar-refractivity contribution in [1.29, 1.82) is 0 Å².